The highest BCUT2D eigenvalue weighted by atomic mass is 16.6. The van der Waals surface area contributed by atoms with E-state index in [0.29, 0.717) is 29.4 Å². The van der Waals surface area contributed by atoms with Crippen molar-refractivity contribution in [2.45, 2.75) is 65.3 Å². The normalized spacial score (nSPS) is 17.7. The van der Waals surface area contributed by atoms with Crippen LogP contribution in [0.5, 0.6) is 0 Å². The Morgan fingerprint density at radius 2 is 1.94 bits per heavy atom. The average Bonchev–Trinajstić information content (AvgIpc) is 3.19. The molecule has 36 heavy (non-hydrogen) atoms. The van der Waals surface area contributed by atoms with Crippen LogP contribution in [0.3, 0.4) is 0 Å². The fourth-order valence-corrected chi connectivity index (χ4v) is 4.88. The number of fused-ring (bicyclic) bond motifs is 5. The van der Waals surface area contributed by atoms with Crippen molar-refractivity contribution in [1.29, 1.82) is 0 Å². The number of carboxylic acids is 1. The van der Waals surface area contributed by atoms with Gasteiger partial charge in [0.2, 0.25) is 0 Å². The van der Waals surface area contributed by atoms with Gasteiger partial charge in [-0.1, -0.05) is 39.0 Å². The lowest BCUT2D eigenvalue weighted by molar-refractivity contribution is -0.172. The van der Waals surface area contributed by atoms with Crippen molar-refractivity contribution in [3.05, 3.63) is 62.9 Å². The van der Waals surface area contributed by atoms with Gasteiger partial charge in [-0.25, -0.2) is 9.78 Å². The van der Waals surface area contributed by atoms with Gasteiger partial charge >= 0.3 is 5.97 Å². The number of aliphatic hydroxyl groups is 1. The number of pyridine rings is 2. The molecular formula is C27H31N3O6. The number of carboxylic acid groups (broad SMARTS) is 1. The number of carbonyl (C=O) groups is 2. The Morgan fingerprint density at radius 1 is 1.25 bits per heavy atom. The lowest BCUT2D eigenvalue weighted by Crippen LogP contribution is -2.44. The third-order valence-corrected chi connectivity index (χ3v) is 6.64. The minimum Gasteiger partial charge on any atom is -0.481 e. The number of nitrogens with one attached hydrogen (secondary N) is 1. The van der Waals surface area contributed by atoms with Crippen LogP contribution in [0.1, 0.15) is 56.4 Å². The maximum absolute atomic E-state index is 13.4. The van der Waals surface area contributed by atoms with Crippen molar-refractivity contribution in [3.63, 3.8) is 0 Å². The summed E-state index contributed by atoms with van der Waals surface area (Å²) in [6.45, 7) is 8.15. The maximum atomic E-state index is 13.4. The average molecular weight is 494 g/mol. The van der Waals surface area contributed by atoms with Crippen LogP contribution < -0.4 is 10.9 Å². The van der Waals surface area contributed by atoms with E-state index in [1.165, 1.54) is 5.56 Å². The number of hydrogen-bond donors (Lipinski definition) is 3. The summed E-state index contributed by atoms with van der Waals surface area (Å²) in [4.78, 5) is 39.7. The molecule has 0 amide bonds. The molecule has 2 aromatic heterocycles. The van der Waals surface area contributed by atoms with Crippen LogP contribution in [0, 0.1) is 0 Å². The van der Waals surface area contributed by atoms with Crippen LogP contribution in [0.15, 0.2) is 35.1 Å². The topological polar surface area (TPSA) is 131 Å². The summed E-state index contributed by atoms with van der Waals surface area (Å²) >= 11 is 0. The van der Waals surface area contributed by atoms with Gasteiger partial charge in [-0.3, -0.25) is 9.59 Å². The zero-order chi connectivity index (χ0) is 26.2. The predicted octanol–water partition coefficient (Wildman–Crippen LogP) is 2.71. The van der Waals surface area contributed by atoms with E-state index in [2.05, 4.69) is 25.2 Å². The van der Waals surface area contributed by atoms with Gasteiger partial charge in [-0.15, -0.1) is 0 Å². The van der Waals surface area contributed by atoms with Crippen molar-refractivity contribution in [3.8, 4) is 11.4 Å². The number of hydrogen-bond acceptors (Lipinski definition) is 7. The van der Waals surface area contributed by atoms with Crippen LogP contribution in [0.2, 0.25) is 0 Å². The molecule has 9 heteroatoms. The molecule has 0 bridgehead atoms. The SMILES string of the molecule is CC(=O)O.CCC1(O)C(=O)OCc2c1cc1n(c2=O)Cc2c-1nc1ccccc1c2CCNC(C)C. The molecule has 0 spiro atoms. The zero-order valence-corrected chi connectivity index (χ0v) is 20.9. The molecule has 2 aliphatic rings. The molecule has 4 heterocycles. The Morgan fingerprint density at radius 3 is 2.61 bits per heavy atom. The Labute approximate surface area is 208 Å². The van der Waals surface area contributed by atoms with Gasteiger partial charge < -0.3 is 24.8 Å². The van der Waals surface area contributed by atoms with E-state index in [0.717, 1.165) is 42.0 Å². The first-order chi connectivity index (χ1) is 17.1. The number of aliphatic carboxylic acids is 1. The van der Waals surface area contributed by atoms with Crippen LogP contribution in [0.4, 0.5) is 0 Å². The fraction of sp³-hybridized carbons (Fsp3) is 0.407. The van der Waals surface area contributed by atoms with Crippen LogP contribution in [-0.2, 0) is 39.5 Å². The van der Waals surface area contributed by atoms with E-state index >= 15 is 0 Å². The van der Waals surface area contributed by atoms with Crippen molar-refractivity contribution >= 4 is 22.8 Å². The second kappa shape index (κ2) is 9.83. The van der Waals surface area contributed by atoms with E-state index in [4.69, 9.17) is 19.6 Å². The van der Waals surface area contributed by atoms with Gasteiger partial charge in [0.25, 0.3) is 11.5 Å². The number of nitrogens with zero attached hydrogens (tertiary/aromatic N) is 2. The second-order valence-corrected chi connectivity index (χ2v) is 9.42. The highest BCUT2D eigenvalue weighted by Crippen LogP contribution is 2.40. The molecule has 0 aliphatic carbocycles. The lowest BCUT2D eigenvalue weighted by Gasteiger charge is -2.31. The van der Waals surface area contributed by atoms with E-state index < -0.39 is 17.5 Å². The van der Waals surface area contributed by atoms with Gasteiger partial charge in [0.05, 0.1) is 29.0 Å². The number of cyclic esters (lactones) is 1. The molecule has 0 saturated heterocycles. The molecule has 0 radical (unpaired) electrons. The Hall–Kier alpha value is -3.56. The van der Waals surface area contributed by atoms with Gasteiger partial charge in [0.1, 0.15) is 6.61 Å². The number of benzene rings is 1. The zero-order valence-electron chi connectivity index (χ0n) is 20.9. The van der Waals surface area contributed by atoms with Crippen molar-refractivity contribution in [2.24, 2.45) is 0 Å². The van der Waals surface area contributed by atoms with Gasteiger partial charge in [0.15, 0.2) is 5.60 Å². The van der Waals surface area contributed by atoms with Gasteiger partial charge in [0, 0.05) is 29.5 Å². The van der Waals surface area contributed by atoms with Crippen LogP contribution >= 0.6 is 0 Å². The first-order valence-corrected chi connectivity index (χ1v) is 12.1. The standard InChI is InChI=1S/C25H27N3O4.C2H4O2/c1-4-25(31)19-11-21-22-17(12-28(21)23(29)18(19)13-32-24(25)30)15(9-10-26-14(2)3)16-7-5-6-8-20(16)27-22;1-2(3)4/h5-8,11,14,26,31H,4,9-10,12-13H2,1-3H3;1H3,(H,3,4). The van der Waals surface area contributed by atoms with E-state index in [1.54, 1.807) is 17.6 Å². The summed E-state index contributed by atoms with van der Waals surface area (Å²) in [7, 11) is 0. The maximum Gasteiger partial charge on any atom is 0.343 e. The molecule has 0 fully saturated rings. The number of esters is 1. The fourth-order valence-electron chi connectivity index (χ4n) is 4.88. The van der Waals surface area contributed by atoms with Crippen molar-refractivity contribution in [2.75, 3.05) is 6.54 Å². The minimum absolute atomic E-state index is 0.119. The minimum atomic E-state index is -1.81. The summed E-state index contributed by atoms with van der Waals surface area (Å²) in [5, 5.41) is 23.0. The number of ether oxygens (including phenoxy) is 1. The Balaban J connectivity index is 0.000000709. The molecule has 9 nitrogen and oxygen atoms in total. The van der Waals surface area contributed by atoms with Crippen LogP contribution in [0.25, 0.3) is 22.3 Å². The first kappa shape index (κ1) is 25.5. The number of aromatic nitrogens is 2. The molecular weight excluding hydrogens is 462 g/mol. The largest absolute Gasteiger partial charge is 0.481 e. The predicted molar refractivity (Wildman–Crippen MR) is 135 cm³/mol. The van der Waals surface area contributed by atoms with E-state index in [-0.39, 0.29) is 18.6 Å². The number of para-hydroxylation sites is 1. The van der Waals surface area contributed by atoms with Crippen LogP contribution in [-0.4, -0.2) is 44.3 Å². The summed E-state index contributed by atoms with van der Waals surface area (Å²) < 4.78 is 6.86. The summed E-state index contributed by atoms with van der Waals surface area (Å²) in [5.41, 5.74) is 3.12. The number of rotatable bonds is 5. The molecule has 1 atom stereocenters. The summed E-state index contributed by atoms with van der Waals surface area (Å²) in [5.74, 6) is -1.54. The van der Waals surface area contributed by atoms with Gasteiger partial charge in [-0.05, 0) is 37.1 Å². The molecule has 1 unspecified atom stereocenters. The van der Waals surface area contributed by atoms with Crippen molar-refractivity contribution < 1.29 is 24.5 Å². The third kappa shape index (κ3) is 4.40. The van der Waals surface area contributed by atoms with Crippen molar-refractivity contribution in [1.82, 2.24) is 14.9 Å². The summed E-state index contributed by atoms with van der Waals surface area (Å²) in [6.07, 6.45) is 0.943. The van der Waals surface area contributed by atoms with Gasteiger partial charge in [-0.2, -0.15) is 0 Å². The molecule has 190 valence electrons. The van der Waals surface area contributed by atoms with E-state index in [9.17, 15) is 14.7 Å². The third-order valence-electron chi connectivity index (χ3n) is 6.64. The molecule has 0 saturated carbocycles. The Kier molecular flexibility index (Phi) is 6.97. The molecule has 2 aliphatic heterocycles. The smallest absolute Gasteiger partial charge is 0.343 e. The first-order valence-electron chi connectivity index (χ1n) is 12.1. The summed E-state index contributed by atoms with van der Waals surface area (Å²) in [6, 6.07) is 10.2. The molecule has 3 N–H and O–H groups in total. The number of carbonyl (C=O) groups excluding carboxylic acids is 1. The molecule has 5 rings (SSSR count). The lowest BCUT2D eigenvalue weighted by atomic mass is 9.86. The quantitative estimate of drug-likeness (QED) is 0.362. The highest BCUT2D eigenvalue weighted by molar-refractivity contribution is 5.89. The molecule has 3 aromatic rings. The monoisotopic (exact) mass is 493 g/mol. The Bertz CT molecular complexity index is 1410. The molecule has 1 aromatic carbocycles. The highest BCUT2D eigenvalue weighted by Gasteiger charge is 2.45. The van der Waals surface area contributed by atoms with E-state index in [1.807, 2.05) is 18.2 Å². The second-order valence-electron chi connectivity index (χ2n) is 9.42.